The molecule has 38 heavy (non-hydrogen) atoms. The van der Waals surface area contributed by atoms with Crippen LogP contribution in [0.15, 0.2) is 96.1 Å². The zero-order valence-corrected chi connectivity index (χ0v) is 21.6. The minimum absolute atomic E-state index is 0.118. The molecule has 0 unspecified atom stereocenters. The number of carbonyl (C=O) groups excluding carboxylic acids is 1. The van der Waals surface area contributed by atoms with Crippen LogP contribution in [0, 0.1) is 11.8 Å². The molecule has 0 aromatic heterocycles. The van der Waals surface area contributed by atoms with E-state index in [1.165, 1.54) is 12.1 Å². The number of carboxylic acids is 1. The molecule has 1 amide bonds. The van der Waals surface area contributed by atoms with Crippen molar-refractivity contribution in [3.05, 3.63) is 118 Å². The topological polar surface area (TPSA) is 77.8 Å². The predicted octanol–water partition coefficient (Wildman–Crippen LogP) is 6.80. The summed E-state index contributed by atoms with van der Waals surface area (Å²) >= 11 is 5.95. The number of carbonyl (C=O) groups is 2. The zero-order valence-electron chi connectivity index (χ0n) is 20.9. The molecule has 1 aliphatic carbocycles. The Morgan fingerprint density at radius 3 is 2.42 bits per heavy atom. The van der Waals surface area contributed by atoms with Gasteiger partial charge in [0.1, 0.15) is 11.3 Å². The molecule has 3 aromatic rings. The number of rotatable bonds is 7. The molecule has 4 rings (SSSR count). The highest BCUT2D eigenvalue weighted by molar-refractivity contribution is 6.30. The summed E-state index contributed by atoms with van der Waals surface area (Å²) in [5.74, 6) is 4.71. The minimum atomic E-state index is -1.25. The van der Waals surface area contributed by atoms with Crippen LogP contribution in [0.25, 0.3) is 0 Å². The molecular formula is C32H28ClNO4. The average molecular weight is 526 g/mol. The number of benzene rings is 3. The zero-order chi connectivity index (χ0) is 26.9. The maximum absolute atomic E-state index is 13.4. The fourth-order valence-electron chi connectivity index (χ4n) is 4.23. The number of amides is 1. The molecule has 0 saturated heterocycles. The third-order valence-electron chi connectivity index (χ3n) is 6.33. The van der Waals surface area contributed by atoms with E-state index in [-0.39, 0.29) is 23.6 Å². The molecule has 0 fully saturated rings. The molecule has 0 spiro atoms. The smallest absolute Gasteiger partial charge is 0.339 e. The van der Waals surface area contributed by atoms with Gasteiger partial charge in [0.25, 0.3) is 0 Å². The second-order valence-corrected chi connectivity index (χ2v) is 9.54. The van der Waals surface area contributed by atoms with Crippen LogP contribution in [0.1, 0.15) is 47.2 Å². The number of hydrogen-bond acceptors (Lipinski definition) is 3. The van der Waals surface area contributed by atoms with Gasteiger partial charge in [-0.25, -0.2) is 4.79 Å². The van der Waals surface area contributed by atoms with Crippen molar-refractivity contribution in [3.8, 4) is 17.6 Å². The van der Waals surface area contributed by atoms with Gasteiger partial charge in [-0.2, -0.15) is 0 Å². The van der Waals surface area contributed by atoms with Crippen LogP contribution in [0.5, 0.6) is 5.75 Å². The Balaban J connectivity index is 1.57. The first-order chi connectivity index (χ1) is 18.4. The van der Waals surface area contributed by atoms with Crippen molar-refractivity contribution in [2.24, 2.45) is 0 Å². The van der Waals surface area contributed by atoms with Crippen LogP contribution in [-0.2, 0) is 11.2 Å². The van der Waals surface area contributed by atoms with E-state index < -0.39 is 5.97 Å². The summed E-state index contributed by atoms with van der Waals surface area (Å²) in [5.41, 5.74) is 4.20. The average Bonchev–Trinajstić information content (AvgIpc) is 3.16. The van der Waals surface area contributed by atoms with Gasteiger partial charge in [-0.15, -0.1) is 0 Å². The molecule has 5 nitrogen and oxygen atoms in total. The van der Waals surface area contributed by atoms with E-state index in [4.69, 9.17) is 11.6 Å². The number of carboxylic acid groups (broad SMARTS) is 1. The molecule has 0 radical (unpaired) electrons. The number of phenols is 1. The van der Waals surface area contributed by atoms with Crippen LogP contribution in [-0.4, -0.2) is 28.6 Å². The van der Waals surface area contributed by atoms with Crippen LogP contribution in [0.2, 0.25) is 5.02 Å². The molecule has 6 heteroatoms. The number of halogens is 1. The van der Waals surface area contributed by atoms with E-state index in [2.05, 4.69) is 11.8 Å². The highest BCUT2D eigenvalue weighted by atomic mass is 35.5. The second-order valence-electron chi connectivity index (χ2n) is 9.10. The first kappa shape index (κ1) is 26.8. The fraction of sp³-hybridized carbons (Fsp3) is 0.188. The van der Waals surface area contributed by atoms with Gasteiger partial charge >= 0.3 is 5.97 Å². The van der Waals surface area contributed by atoms with Gasteiger partial charge in [-0.3, -0.25) is 4.79 Å². The van der Waals surface area contributed by atoms with Crippen molar-refractivity contribution in [3.63, 3.8) is 0 Å². The fourth-order valence-corrected chi connectivity index (χ4v) is 4.36. The van der Waals surface area contributed by atoms with Crippen LogP contribution in [0.4, 0.5) is 5.69 Å². The summed E-state index contributed by atoms with van der Waals surface area (Å²) in [4.78, 5) is 26.7. The Morgan fingerprint density at radius 2 is 1.68 bits per heavy atom. The SMILES string of the molecule is O=C(O)c1cc(N(CC2=CC=C(C#Cc3ccc(Cl)cc3)CCC2)C(=O)CCc2ccccc2)ccc1O. The lowest BCUT2D eigenvalue weighted by molar-refractivity contribution is -0.118. The summed E-state index contributed by atoms with van der Waals surface area (Å²) in [5, 5.41) is 20.2. The Kier molecular flexibility index (Phi) is 9.02. The lowest BCUT2D eigenvalue weighted by Gasteiger charge is -2.25. The van der Waals surface area contributed by atoms with Gasteiger partial charge in [-0.1, -0.05) is 71.5 Å². The largest absolute Gasteiger partial charge is 0.507 e. The third-order valence-corrected chi connectivity index (χ3v) is 6.58. The van der Waals surface area contributed by atoms with E-state index >= 15 is 0 Å². The molecule has 1 aliphatic rings. The van der Waals surface area contributed by atoms with Crippen molar-refractivity contribution in [2.45, 2.75) is 32.1 Å². The molecule has 0 bridgehead atoms. The molecule has 0 atom stereocenters. The number of aromatic carboxylic acids is 1. The number of aromatic hydroxyl groups is 1. The quantitative estimate of drug-likeness (QED) is 0.333. The van der Waals surface area contributed by atoms with Crippen molar-refractivity contribution in [1.29, 1.82) is 0 Å². The van der Waals surface area contributed by atoms with Crippen molar-refractivity contribution in [1.82, 2.24) is 0 Å². The molecule has 0 aliphatic heterocycles. The molecule has 3 aromatic carbocycles. The monoisotopic (exact) mass is 525 g/mol. The third kappa shape index (κ3) is 7.38. The molecular weight excluding hydrogens is 498 g/mol. The van der Waals surface area contributed by atoms with E-state index in [9.17, 15) is 19.8 Å². The van der Waals surface area contributed by atoms with Gasteiger partial charge in [0.2, 0.25) is 5.91 Å². The molecule has 2 N–H and O–H groups in total. The Morgan fingerprint density at radius 1 is 0.921 bits per heavy atom. The lowest BCUT2D eigenvalue weighted by Crippen LogP contribution is -2.33. The predicted molar refractivity (Wildman–Crippen MR) is 151 cm³/mol. The summed E-state index contributed by atoms with van der Waals surface area (Å²) in [6, 6.07) is 21.4. The van der Waals surface area contributed by atoms with E-state index in [1.807, 2.05) is 66.7 Å². The molecule has 0 saturated carbocycles. The summed E-state index contributed by atoms with van der Waals surface area (Å²) in [7, 11) is 0. The Labute approximate surface area is 227 Å². The van der Waals surface area contributed by atoms with Crippen molar-refractivity contribution >= 4 is 29.2 Å². The van der Waals surface area contributed by atoms with Gasteiger partial charge in [0.15, 0.2) is 0 Å². The highest BCUT2D eigenvalue weighted by Gasteiger charge is 2.21. The Hall–Kier alpha value is -4.27. The maximum atomic E-state index is 13.4. The lowest BCUT2D eigenvalue weighted by atomic mass is 10.1. The maximum Gasteiger partial charge on any atom is 0.339 e. The second kappa shape index (κ2) is 12.8. The number of aryl methyl sites for hydroxylation is 1. The van der Waals surface area contributed by atoms with Gasteiger partial charge in [0.05, 0.1) is 0 Å². The summed E-state index contributed by atoms with van der Waals surface area (Å²) in [6.45, 7) is 0.325. The summed E-state index contributed by atoms with van der Waals surface area (Å²) < 4.78 is 0. The number of anilines is 1. The normalized spacial score (nSPS) is 12.9. The standard InChI is InChI=1S/C32H28ClNO4/c33-27-16-13-25(14-17-27)10-9-24-7-4-8-26(12-11-24)22-34(28-18-19-30(35)29(21-28)32(37)38)31(36)20-15-23-5-2-1-3-6-23/h1-3,5-6,11-14,16-19,21,35H,4,7-8,15,20,22H2,(H,37,38). The number of nitrogens with zero attached hydrogens (tertiary/aromatic N) is 1. The van der Waals surface area contributed by atoms with E-state index in [1.54, 1.807) is 11.0 Å². The summed E-state index contributed by atoms with van der Waals surface area (Å²) in [6.07, 6.45) is 7.35. The van der Waals surface area contributed by atoms with Crippen LogP contribution < -0.4 is 4.90 Å². The first-order valence-electron chi connectivity index (χ1n) is 12.5. The first-order valence-corrected chi connectivity index (χ1v) is 12.8. The van der Waals surface area contributed by atoms with Crippen molar-refractivity contribution in [2.75, 3.05) is 11.4 Å². The number of hydrogen-bond donors (Lipinski definition) is 2. The van der Waals surface area contributed by atoms with Crippen molar-refractivity contribution < 1.29 is 19.8 Å². The minimum Gasteiger partial charge on any atom is -0.507 e. The van der Waals surface area contributed by atoms with E-state index in [0.717, 1.165) is 41.5 Å². The Bertz CT molecular complexity index is 1430. The van der Waals surface area contributed by atoms with Crippen LogP contribution in [0.3, 0.4) is 0 Å². The van der Waals surface area contributed by atoms with Gasteiger partial charge in [0, 0.05) is 34.8 Å². The molecule has 192 valence electrons. The number of allylic oxidation sites excluding steroid dienone is 3. The molecule has 0 heterocycles. The van der Waals surface area contributed by atoms with Crippen LogP contribution >= 0.6 is 11.6 Å². The van der Waals surface area contributed by atoms with Gasteiger partial charge < -0.3 is 15.1 Å². The highest BCUT2D eigenvalue weighted by Crippen LogP contribution is 2.27. The van der Waals surface area contributed by atoms with E-state index in [0.29, 0.717) is 23.7 Å². The van der Waals surface area contributed by atoms with Gasteiger partial charge in [-0.05, 0) is 73.7 Å².